The molecule has 3 rings (SSSR count). The molecule has 3 unspecified atom stereocenters. The number of hydrogen-bond donors (Lipinski definition) is 2. The van der Waals surface area contributed by atoms with E-state index in [0.29, 0.717) is 32.8 Å². The van der Waals surface area contributed by atoms with Crippen LogP contribution in [0.5, 0.6) is 0 Å². The van der Waals surface area contributed by atoms with Gasteiger partial charge in [-0.05, 0) is 18.1 Å². The first kappa shape index (κ1) is 13.1. The van der Waals surface area contributed by atoms with Crippen LogP contribution in [-0.4, -0.2) is 36.6 Å². The second kappa shape index (κ2) is 5.21. The predicted octanol–water partition coefficient (Wildman–Crippen LogP) is 1.39. The lowest BCUT2D eigenvalue weighted by Gasteiger charge is -2.32. The number of aliphatic hydroxyl groups is 1. The summed E-state index contributed by atoms with van der Waals surface area (Å²) in [5.41, 5.74) is 1.75. The molecule has 4 heteroatoms. The Bertz CT molecular complexity index is 451. The zero-order valence-electron chi connectivity index (χ0n) is 11.3. The first-order valence-electron chi connectivity index (χ1n) is 6.92. The highest BCUT2D eigenvalue weighted by Gasteiger charge is 2.39. The van der Waals surface area contributed by atoms with Gasteiger partial charge in [0.1, 0.15) is 5.60 Å². The maximum atomic E-state index is 10.5. The van der Waals surface area contributed by atoms with E-state index < -0.39 is 5.60 Å². The van der Waals surface area contributed by atoms with Crippen molar-refractivity contribution in [2.45, 2.75) is 37.7 Å². The number of ether oxygens (including phenoxy) is 2. The van der Waals surface area contributed by atoms with Gasteiger partial charge in [-0.1, -0.05) is 24.3 Å². The van der Waals surface area contributed by atoms with Gasteiger partial charge < -0.3 is 19.9 Å². The van der Waals surface area contributed by atoms with Crippen molar-refractivity contribution in [3.05, 3.63) is 35.4 Å². The van der Waals surface area contributed by atoms with Gasteiger partial charge in [0.2, 0.25) is 0 Å². The molecule has 0 spiro atoms. The molecule has 2 N–H and O–H groups in total. The van der Waals surface area contributed by atoms with E-state index in [4.69, 9.17) is 9.47 Å². The molecule has 0 radical (unpaired) electrons. The molecule has 0 aliphatic carbocycles. The Hall–Kier alpha value is -0.940. The van der Waals surface area contributed by atoms with Crippen molar-refractivity contribution in [1.29, 1.82) is 0 Å². The topological polar surface area (TPSA) is 50.7 Å². The summed E-state index contributed by atoms with van der Waals surface area (Å²) in [4.78, 5) is 0. The molecule has 0 saturated carbocycles. The fourth-order valence-electron chi connectivity index (χ4n) is 2.85. The van der Waals surface area contributed by atoms with Gasteiger partial charge >= 0.3 is 0 Å². The van der Waals surface area contributed by atoms with Gasteiger partial charge in [0, 0.05) is 19.6 Å². The van der Waals surface area contributed by atoms with E-state index >= 15 is 0 Å². The molecule has 0 aromatic heterocycles. The number of benzene rings is 1. The summed E-state index contributed by atoms with van der Waals surface area (Å²) in [6.45, 7) is 4.44. The van der Waals surface area contributed by atoms with Crippen molar-refractivity contribution in [2.24, 2.45) is 0 Å². The van der Waals surface area contributed by atoms with Gasteiger partial charge in [0.05, 0.1) is 25.4 Å². The lowest BCUT2D eigenvalue weighted by atomic mass is 9.94. The van der Waals surface area contributed by atoms with Crippen LogP contribution in [0.25, 0.3) is 0 Å². The van der Waals surface area contributed by atoms with E-state index in [-0.39, 0.29) is 12.1 Å². The Labute approximate surface area is 113 Å². The Morgan fingerprint density at radius 2 is 2.26 bits per heavy atom. The van der Waals surface area contributed by atoms with Crippen LogP contribution in [0.1, 0.15) is 30.5 Å². The molecule has 19 heavy (non-hydrogen) atoms. The molecule has 2 aliphatic rings. The molecular formula is C15H21NO3. The highest BCUT2D eigenvalue weighted by molar-refractivity contribution is 5.31. The molecule has 0 amide bonds. The molecule has 1 aromatic rings. The van der Waals surface area contributed by atoms with Crippen LogP contribution in [0.4, 0.5) is 0 Å². The molecular weight excluding hydrogens is 242 g/mol. The van der Waals surface area contributed by atoms with Gasteiger partial charge in [0.15, 0.2) is 0 Å². The zero-order chi connectivity index (χ0) is 13.3. The minimum absolute atomic E-state index is 0.111. The fraction of sp³-hybridized carbons (Fsp3) is 0.600. The molecule has 2 aliphatic heterocycles. The average Bonchev–Trinajstić information content (AvgIpc) is 2.77. The third kappa shape index (κ3) is 2.54. The standard InChI is InChI=1S/C15H21NO3/c1-11-15(17,6-7-19-11)10-16-14-9-18-8-12-4-2-3-5-13(12)14/h2-5,11,14,16-17H,6-10H2,1H3. The van der Waals surface area contributed by atoms with Crippen molar-refractivity contribution in [3.8, 4) is 0 Å². The highest BCUT2D eigenvalue weighted by atomic mass is 16.5. The van der Waals surface area contributed by atoms with Gasteiger partial charge in [-0.2, -0.15) is 0 Å². The maximum Gasteiger partial charge on any atom is 0.105 e. The maximum absolute atomic E-state index is 10.5. The van der Waals surface area contributed by atoms with Crippen LogP contribution in [0.3, 0.4) is 0 Å². The van der Waals surface area contributed by atoms with Crippen LogP contribution < -0.4 is 5.32 Å². The summed E-state index contributed by atoms with van der Waals surface area (Å²) in [5, 5.41) is 13.9. The van der Waals surface area contributed by atoms with Crippen molar-refractivity contribution >= 4 is 0 Å². The molecule has 1 saturated heterocycles. The Kier molecular flexibility index (Phi) is 3.58. The van der Waals surface area contributed by atoms with E-state index in [2.05, 4.69) is 23.5 Å². The van der Waals surface area contributed by atoms with E-state index in [9.17, 15) is 5.11 Å². The number of rotatable bonds is 3. The Morgan fingerprint density at radius 3 is 3.05 bits per heavy atom. The van der Waals surface area contributed by atoms with Crippen LogP contribution in [0.15, 0.2) is 24.3 Å². The molecule has 2 heterocycles. The highest BCUT2D eigenvalue weighted by Crippen LogP contribution is 2.28. The second-order valence-corrected chi connectivity index (χ2v) is 5.51. The quantitative estimate of drug-likeness (QED) is 0.865. The minimum atomic E-state index is -0.758. The number of fused-ring (bicyclic) bond motifs is 1. The van der Waals surface area contributed by atoms with E-state index in [1.165, 1.54) is 11.1 Å². The molecule has 3 atom stereocenters. The number of nitrogens with one attached hydrogen (secondary N) is 1. The third-order valence-electron chi connectivity index (χ3n) is 4.29. The summed E-state index contributed by atoms with van der Waals surface area (Å²) in [7, 11) is 0. The molecule has 104 valence electrons. The van der Waals surface area contributed by atoms with Crippen LogP contribution in [0.2, 0.25) is 0 Å². The average molecular weight is 263 g/mol. The van der Waals surface area contributed by atoms with E-state index in [0.717, 1.165) is 0 Å². The molecule has 0 bridgehead atoms. The summed E-state index contributed by atoms with van der Waals surface area (Å²) in [6, 6.07) is 8.47. The van der Waals surface area contributed by atoms with Crippen LogP contribution >= 0.6 is 0 Å². The normalized spacial score (nSPS) is 34.2. The lowest BCUT2D eigenvalue weighted by molar-refractivity contribution is -0.0308. The zero-order valence-corrected chi connectivity index (χ0v) is 11.3. The SMILES string of the molecule is CC1OCCC1(O)CNC1COCc2ccccc21. The largest absolute Gasteiger partial charge is 0.386 e. The summed E-state index contributed by atoms with van der Waals surface area (Å²) in [5.74, 6) is 0. The fourth-order valence-corrected chi connectivity index (χ4v) is 2.85. The first-order valence-corrected chi connectivity index (χ1v) is 6.92. The van der Waals surface area contributed by atoms with Crippen molar-refractivity contribution in [2.75, 3.05) is 19.8 Å². The summed E-state index contributed by atoms with van der Waals surface area (Å²) >= 11 is 0. The van der Waals surface area contributed by atoms with Gasteiger partial charge in [-0.25, -0.2) is 0 Å². The van der Waals surface area contributed by atoms with Crippen molar-refractivity contribution in [1.82, 2.24) is 5.32 Å². The molecule has 1 fully saturated rings. The number of hydrogen-bond acceptors (Lipinski definition) is 4. The van der Waals surface area contributed by atoms with Crippen molar-refractivity contribution in [3.63, 3.8) is 0 Å². The first-order chi connectivity index (χ1) is 9.19. The van der Waals surface area contributed by atoms with Gasteiger partial charge in [0.25, 0.3) is 0 Å². The van der Waals surface area contributed by atoms with E-state index in [1.807, 2.05) is 13.0 Å². The Morgan fingerprint density at radius 1 is 1.42 bits per heavy atom. The summed E-state index contributed by atoms with van der Waals surface area (Å²) < 4.78 is 11.1. The summed E-state index contributed by atoms with van der Waals surface area (Å²) in [6.07, 6.45) is 0.580. The van der Waals surface area contributed by atoms with E-state index in [1.54, 1.807) is 0 Å². The monoisotopic (exact) mass is 263 g/mol. The smallest absolute Gasteiger partial charge is 0.105 e. The van der Waals surface area contributed by atoms with Crippen LogP contribution in [0, 0.1) is 0 Å². The predicted molar refractivity (Wildman–Crippen MR) is 71.8 cm³/mol. The lowest BCUT2D eigenvalue weighted by Crippen LogP contribution is -2.47. The van der Waals surface area contributed by atoms with Gasteiger partial charge in [-0.3, -0.25) is 0 Å². The van der Waals surface area contributed by atoms with Crippen molar-refractivity contribution < 1.29 is 14.6 Å². The Balaban J connectivity index is 1.68. The van der Waals surface area contributed by atoms with Crippen LogP contribution in [-0.2, 0) is 16.1 Å². The van der Waals surface area contributed by atoms with Gasteiger partial charge in [-0.15, -0.1) is 0 Å². The minimum Gasteiger partial charge on any atom is -0.386 e. The molecule has 1 aromatic carbocycles. The second-order valence-electron chi connectivity index (χ2n) is 5.51. The molecule has 4 nitrogen and oxygen atoms in total. The third-order valence-corrected chi connectivity index (χ3v) is 4.29.